The summed E-state index contributed by atoms with van der Waals surface area (Å²) in [4.78, 5) is 116. The SMILES string of the molecule is CC(=O)OCc1ccc(NC(=O)[C@H](C)NC(=O)[C@@H](NC(=O)CCCCCN2C(=O)C=CC2=O)C(C)C)cc1CN(C)C(=O)CCOCCOCCC(=O)N(C)CC(=O)N(C)C. The van der Waals surface area contributed by atoms with Gasteiger partial charge in [0.25, 0.3) is 11.8 Å². The predicted octanol–water partition coefficient (Wildman–Crippen LogP) is 1.14. The molecule has 8 amide bonds. The normalized spacial score (nSPS) is 13.1. The molecule has 0 aromatic heterocycles. The van der Waals surface area contributed by atoms with E-state index >= 15 is 0 Å². The molecule has 0 radical (unpaired) electrons. The molecule has 0 spiro atoms. The van der Waals surface area contributed by atoms with Crippen molar-refractivity contribution in [3.05, 3.63) is 41.5 Å². The number of unbranched alkanes of at least 4 members (excludes halogenated alkanes) is 2. The fourth-order valence-corrected chi connectivity index (χ4v) is 5.75. The Balaban J connectivity index is 1.85. The number of hydrogen-bond acceptors (Lipinski definition) is 12. The molecule has 0 fully saturated rings. The molecule has 0 aliphatic carbocycles. The molecule has 1 aromatic carbocycles. The first-order chi connectivity index (χ1) is 28.8. The van der Waals surface area contributed by atoms with Crippen LogP contribution in [0.2, 0.25) is 0 Å². The third kappa shape index (κ3) is 19.1. The fourth-order valence-electron chi connectivity index (χ4n) is 5.75. The van der Waals surface area contributed by atoms with Gasteiger partial charge in [-0.25, -0.2) is 0 Å². The van der Waals surface area contributed by atoms with Gasteiger partial charge in [-0.3, -0.25) is 48.1 Å². The zero-order chi connectivity index (χ0) is 45.6. The third-order valence-electron chi connectivity index (χ3n) is 9.53. The maximum absolute atomic E-state index is 13.2. The highest BCUT2D eigenvalue weighted by molar-refractivity contribution is 6.12. The Morgan fingerprint density at radius 2 is 1.31 bits per heavy atom. The number of amides is 8. The molecule has 0 unspecified atom stereocenters. The molecule has 0 saturated heterocycles. The summed E-state index contributed by atoms with van der Waals surface area (Å²) in [7, 11) is 6.39. The van der Waals surface area contributed by atoms with Crippen molar-refractivity contribution in [1.29, 1.82) is 0 Å². The lowest BCUT2D eigenvalue weighted by Crippen LogP contribution is -2.53. The van der Waals surface area contributed by atoms with Gasteiger partial charge >= 0.3 is 5.97 Å². The molecule has 19 heteroatoms. The zero-order valence-corrected chi connectivity index (χ0v) is 36.7. The topological polar surface area (TPSA) is 230 Å². The van der Waals surface area contributed by atoms with Gasteiger partial charge in [0.1, 0.15) is 18.7 Å². The molecule has 0 bridgehead atoms. The summed E-state index contributed by atoms with van der Waals surface area (Å²) in [5.74, 6) is -3.54. The van der Waals surface area contributed by atoms with E-state index < -0.39 is 29.9 Å². The van der Waals surface area contributed by atoms with Gasteiger partial charge < -0.3 is 44.9 Å². The van der Waals surface area contributed by atoms with Crippen molar-refractivity contribution in [2.45, 2.75) is 91.5 Å². The van der Waals surface area contributed by atoms with Gasteiger partial charge in [0.15, 0.2) is 0 Å². The average Bonchev–Trinajstić information content (AvgIpc) is 3.52. The van der Waals surface area contributed by atoms with Gasteiger partial charge in [-0.1, -0.05) is 26.3 Å². The van der Waals surface area contributed by atoms with Crippen LogP contribution in [0.1, 0.15) is 77.3 Å². The van der Waals surface area contributed by atoms with E-state index in [2.05, 4.69) is 16.0 Å². The second-order valence-corrected chi connectivity index (χ2v) is 15.3. The molecule has 1 heterocycles. The Hall–Kier alpha value is -5.69. The van der Waals surface area contributed by atoms with Gasteiger partial charge in [0.05, 0.1) is 45.8 Å². The van der Waals surface area contributed by atoms with Crippen molar-refractivity contribution < 1.29 is 57.4 Å². The highest BCUT2D eigenvalue weighted by atomic mass is 16.5. The lowest BCUT2D eigenvalue weighted by molar-refractivity contribution is -0.142. The maximum Gasteiger partial charge on any atom is 0.302 e. The summed E-state index contributed by atoms with van der Waals surface area (Å²) in [6, 6.07) is 3.03. The van der Waals surface area contributed by atoms with Crippen molar-refractivity contribution in [2.24, 2.45) is 5.92 Å². The smallest absolute Gasteiger partial charge is 0.302 e. The number of hydrogen-bond donors (Lipinski definition) is 3. The molecule has 2 atom stereocenters. The number of ether oxygens (including phenoxy) is 3. The van der Waals surface area contributed by atoms with Gasteiger partial charge in [-0.05, 0) is 48.9 Å². The summed E-state index contributed by atoms with van der Waals surface area (Å²) >= 11 is 0. The van der Waals surface area contributed by atoms with Crippen molar-refractivity contribution in [3.63, 3.8) is 0 Å². The molecule has 3 N–H and O–H groups in total. The van der Waals surface area contributed by atoms with Crippen LogP contribution in [0.5, 0.6) is 0 Å². The van der Waals surface area contributed by atoms with Crippen LogP contribution in [0.3, 0.4) is 0 Å². The van der Waals surface area contributed by atoms with Gasteiger partial charge in [0, 0.05) is 72.5 Å². The van der Waals surface area contributed by atoms with Crippen molar-refractivity contribution in [3.8, 4) is 0 Å². The fraction of sp³-hybridized carbons (Fsp3) is 0.595. The first-order valence-electron chi connectivity index (χ1n) is 20.3. The summed E-state index contributed by atoms with van der Waals surface area (Å²) < 4.78 is 16.2. The standard InChI is InChI=1S/C42H63N7O12/c1-28(2)40(45-34(51)12-10-9-11-19-49-37(54)15-16-38(49)55)42(58)43-29(3)41(57)44-33-14-13-31(27-61-30(4)50)32(24-33)25-47(7)35(52)17-20-59-22-23-60-21-18-36(53)48(8)26-39(56)46(5)6/h13-16,24,28-29,40H,9-12,17-23,25-27H2,1-8H3,(H,43,58)(H,44,57)(H,45,51)/t29-,40-/m0/s1. The van der Waals surface area contributed by atoms with Crippen LogP contribution in [0, 0.1) is 5.92 Å². The van der Waals surface area contributed by atoms with Crippen molar-refractivity contribution in [2.75, 3.05) is 73.0 Å². The molecular weight excluding hydrogens is 794 g/mol. The highest BCUT2D eigenvalue weighted by Crippen LogP contribution is 2.20. The van der Waals surface area contributed by atoms with Crippen LogP contribution in [0.4, 0.5) is 5.69 Å². The number of carbonyl (C=O) groups is 9. The largest absolute Gasteiger partial charge is 0.461 e. The minimum Gasteiger partial charge on any atom is -0.461 e. The number of rotatable bonds is 27. The summed E-state index contributed by atoms with van der Waals surface area (Å²) in [5.41, 5.74) is 1.58. The molecule has 338 valence electrons. The molecule has 1 aromatic rings. The monoisotopic (exact) mass is 857 g/mol. The first kappa shape index (κ1) is 51.5. The van der Waals surface area contributed by atoms with E-state index in [9.17, 15) is 43.2 Å². The van der Waals surface area contributed by atoms with Crippen LogP contribution in [0.25, 0.3) is 0 Å². The zero-order valence-electron chi connectivity index (χ0n) is 36.7. The second kappa shape index (κ2) is 26.5. The molecule has 1 aliphatic heterocycles. The number of nitrogens with zero attached hydrogens (tertiary/aromatic N) is 4. The maximum atomic E-state index is 13.2. The Labute approximate surface area is 357 Å². The van der Waals surface area contributed by atoms with Crippen LogP contribution in [0.15, 0.2) is 30.4 Å². The van der Waals surface area contributed by atoms with E-state index in [1.807, 2.05) is 0 Å². The number of benzene rings is 1. The summed E-state index contributed by atoms with van der Waals surface area (Å²) in [6.45, 7) is 7.32. The van der Waals surface area contributed by atoms with Gasteiger partial charge in [-0.2, -0.15) is 0 Å². The number of nitrogens with one attached hydrogen (secondary N) is 3. The highest BCUT2D eigenvalue weighted by Gasteiger charge is 2.27. The van der Waals surface area contributed by atoms with Crippen LogP contribution < -0.4 is 16.0 Å². The van der Waals surface area contributed by atoms with E-state index in [0.717, 1.165) is 4.90 Å². The van der Waals surface area contributed by atoms with Gasteiger partial charge in [0.2, 0.25) is 35.4 Å². The Morgan fingerprint density at radius 1 is 0.705 bits per heavy atom. The number of carbonyl (C=O) groups excluding carboxylic acids is 9. The Kier molecular flexibility index (Phi) is 22.4. The predicted molar refractivity (Wildman–Crippen MR) is 223 cm³/mol. The molecular formula is C42H63N7O12. The molecule has 2 rings (SSSR count). The second-order valence-electron chi connectivity index (χ2n) is 15.3. The van der Waals surface area contributed by atoms with E-state index in [4.69, 9.17) is 14.2 Å². The Bertz CT molecular complexity index is 1730. The van der Waals surface area contributed by atoms with Gasteiger partial charge in [-0.15, -0.1) is 0 Å². The minimum atomic E-state index is -0.996. The number of anilines is 1. The lowest BCUT2D eigenvalue weighted by Gasteiger charge is -2.24. The molecule has 0 saturated carbocycles. The van der Waals surface area contributed by atoms with Crippen LogP contribution in [-0.2, 0) is 70.5 Å². The average molecular weight is 858 g/mol. The lowest BCUT2D eigenvalue weighted by atomic mass is 10.0. The summed E-state index contributed by atoms with van der Waals surface area (Å²) in [6.07, 6.45) is 4.40. The first-order valence-corrected chi connectivity index (χ1v) is 20.3. The number of likely N-dealkylation sites (N-methyl/N-ethyl adjacent to an activating group) is 2. The molecule has 1 aliphatic rings. The molecule has 19 nitrogen and oxygen atoms in total. The number of imide groups is 1. The Morgan fingerprint density at radius 3 is 1.89 bits per heavy atom. The van der Waals surface area contributed by atoms with Crippen LogP contribution >= 0.6 is 0 Å². The van der Waals surface area contributed by atoms with Crippen molar-refractivity contribution in [1.82, 2.24) is 30.2 Å². The van der Waals surface area contributed by atoms with Crippen molar-refractivity contribution >= 4 is 58.9 Å². The van der Waals surface area contributed by atoms with E-state index in [-0.39, 0.29) is 113 Å². The van der Waals surface area contributed by atoms with E-state index in [1.165, 1.54) is 40.7 Å². The van der Waals surface area contributed by atoms with Crippen LogP contribution in [-0.4, -0.2) is 153 Å². The van der Waals surface area contributed by atoms with E-state index in [0.29, 0.717) is 36.1 Å². The summed E-state index contributed by atoms with van der Waals surface area (Å²) in [5, 5.41) is 8.18. The van der Waals surface area contributed by atoms with E-state index in [1.54, 1.807) is 60.2 Å². The molecule has 61 heavy (non-hydrogen) atoms. The number of esters is 1. The third-order valence-corrected chi connectivity index (χ3v) is 9.53. The minimum absolute atomic E-state index is 0.0160. The quantitative estimate of drug-likeness (QED) is 0.0643.